The summed E-state index contributed by atoms with van der Waals surface area (Å²) in [5.41, 5.74) is 7.07. The topological polar surface area (TPSA) is 143 Å². The van der Waals surface area contributed by atoms with Gasteiger partial charge in [0.05, 0.1) is 0 Å². The van der Waals surface area contributed by atoms with Crippen LogP contribution in [0.4, 0.5) is 0 Å². The minimum Gasteiger partial charge on any atom is -0.476 e. The van der Waals surface area contributed by atoms with E-state index in [1.165, 1.54) is 12.1 Å². The smallest absolute Gasteiger partial charge is 0.356 e. The van der Waals surface area contributed by atoms with Crippen molar-refractivity contribution in [2.45, 2.75) is 0 Å². The first-order valence-corrected chi connectivity index (χ1v) is 4.61. The molecular weight excluding hydrogens is 242 g/mol. The summed E-state index contributed by atoms with van der Waals surface area (Å²) in [4.78, 5) is 20.9. The van der Waals surface area contributed by atoms with E-state index in [-0.39, 0.29) is 5.71 Å². The van der Waals surface area contributed by atoms with Crippen LogP contribution in [0.1, 0.15) is 5.56 Å². The highest BCUT2D eigenvalue weighted by atomic mass is 16.7. The average Bonchev–Trinajstić information content (AvgIpc) is 2.29. The third kappa shape index (κ3) is 3.89. The van der Waals surface area contributed by atoms with E-state index in [2.05, 4.69) is 10.2 Å². The van der Waals surface area contributed by atoms with Crippen LogP contribution < -0.4 is 11.2 Å². The monoisotopic (exact) mass is 251 g/mol. The van der Waals surface area contributed by atoms with Crippen LogP contribution in [-0.4, -0.2) is 27.8 Å². The quantitative estimate of drug-likeness (QED) is 0.286. The summed E-state index contributed by atoms with van der Waals surface area (Å²) in [7, 11) is 0. The lowest BCUT2D eigenvalue weighted by Crippen LogP contribution is -2.31. The van der Waals surface area contributed by atoms with Crippen LogP contribution in [0.3, 0.4) is 0 Å². The molecule has 9 heteroatoms. The molecule has 0 bridgehead atoms. The molecule has 0 unspecified atom stereocenters. The van der Waals surface area contributed by atoms with Gasteiger partial charge in [-0.1, -0.05) is 30.3 Å². The van der Waals surface area contributed by atoms with E-state index in [4.69, 9.17) is 10.8 Å². The fourth-order valence-corrected chi connectivity index (χ4v) is 1.06. The third-order valence-electron chi connectivity index (χ3n) is 1.72. The molecular formula is C9H9N5O4. The zero-order chi connectivity index (χ0) is 13.5. The predicted octanol–water partition coefficient (Wildman–Crippen LogP) is -0.429. The highest BCUT2D eigenvalue weighted by Gasteiger charge is 2.12. The van der Waals surface area contributed by atoms with Gasteiger partial charge in [0, 0.05) is 5.56 Å². The summed E-state index contributed by atoms with van der Waals surface area (Å²) in [6.07, 6.45) is 0. The number of hydrogen-bond acceptors (Lipinski definition) is 4. The van der Waals surface area contributed by atoms with Crippen molar-refractivity contribution >= 4 is 17.6 Å². The van der Waals surface area contributed by atoms with Crippen LogP contribution in [-0.2, 0) is 4.79 Å². The number of nitrogens with one attached hydrogen (secondary N) is 1. The van der Waals surface area contributed by atoms with E-state index in [0.717, 1.165) is 0 Å². The molecule has 0 radical (unpaired) electrons. The molecule has 1 aromatic carbocycles. The van der Waals surface area contributed by atoms with Gasteiger partial charge in [0.1, 0.15) is 5.10 Å². The van der Waals surface area contributed by atoms with Crippen molar-refractivity contribution in [3.05, 3.63) is 46.0 Å². The molecule has 9 nitrogen and oxygen atoms in total. The molecule has 0 aliphatic carbocycles. The molecule has 0 spiro atoms. The molecule has 1 rings (SSSR count). The number of benzene rings is 1. The molecule has 0 aliphatic heterocycles. The number of nitrogens with zero attached hydrogens (tertiary/aromatic N) is 3. The summed E-state index contributed by atoms with van der Waals surface area (Å²) in [6, 6.07) is 8.01. The Morgan fingerprint density at radius 1 is 1.39 bits per heavy atom. The Labute approximate surface area is 101 Å². The molecule has 0 fully saturated rings. The van der Waals surface area contributed by atoms with Crippen LogP contribution in [0.25, 0.3) is 0 Å². The molecule has 0 saturated carbocycles. The summed E-state index contributed by atoms with van der Waals surface area (Å²) in [6.45, 7) is 0. The Morgan fingerprint density at radius 3 is 2.50 bits per heavy atom. The Kier molecular flexibility index (Phi) is 4.32. The number of hydrogen-bond donors (Lipinski definition) is 3. The van der Waals surface area contributed by atoms with Crippen molar-refractivity contribution < 1.29 is 14.9 Å². The van der Waals surface area contributed by atoms with Crippen molar-refractivity contribution in [3.8, 4) is 0 Å². The van der Waals surface area contributed by atoms with Gasteiger partial charge in [-0.3, -0.25) is 0 Å². The summed E-state index contributed by atoms with van der Waals surface area (Å²) in [5, 5.41) is 24.1. The van der Waals surface area contributed by atoms with E-state index in [1.807, 2.05) is 5.43 Å². The lowest BCUT2D eigenvalue weighted by molar-refractivity contribution is -0.485. The van der Waals surface area contributed by atoms with E-state index in [0.29, 0.717) is 5.56 Å². The fourth-order valence-electron chi connectivity index (χ4n) is 1.06. The number of carboxylic acid groups (broad SMARTS) is 1. The lowest BCUT2D eigenvalue weighted by atomic mass is 10.1. The first-order chi connectivity index (χ1) is 8.50. The lowest BCUT2D eigenvalue weighted by Gasteiger charge is -2.01. The number of carboxylic acids is 1. The molecule has 4 N–H and O–H groups in total. The van der Waals surface area contributed by atoms with Gasteiger partial charge in [0.15, 0.2) is 10.7 Å². The van der Waals surface area contributed by atoms with E-state index in [1.54, 1.807) is 18.2 Å². The zero-order valence-corrected chi connectivity index (χ0v) is 8.98. The standard InChI is InChI=1S/C9H9N5O4/c10-9(13-14(17)18)12-11-7(8(15)16)6-4-2-1-3-5-6/h1-5H,(H,15,16)(H3,10,12,13). The minimum absolute atomic E-state index is 0.325. The highest BCUT2D eigenvalue weighted by Crippen LogP contribution is 2.00. The molecule has 18 heavy (non-hydrogen) atoms. The second kappa shape index (κ2) is 5.94. The summed E-state index contributed by atoms with van der Waals surface area (Å²) in [5.74, 6) is -1.92. The number of aliphatic carboxylic acids is 1. The molecule has 1 aromatic rings. The maximum atomic E-state index is 10.9. The largest absolute Gasteiger partial charge is 0.476 e. The fraction of sp³-hybridized carbons (Fsp3) is 0. The SMILES string of the molecule is NC(=N[N+](=O)[O-])NN=C(C(=O)O)c1ccccc1. The van der Waals surface area contributed by atoms with Crippen molar-refractivity contribution in [1.82, 2.24) is 5.43 Å². The number of guanidine groups is 1. The minimum atomic E-state index is -1.30. The van der Waals surface area contributed by atoms with Gasteiger partial charge in [-0.2, -0.15) is 5.10 Å². The normalized spacial score (nSPS) is 12.0. The second-order valence-corrected chi connectivity index (χ2v) is 2.97. The second-order valence-electron chi connectivity index (χ2n) is 2.97. The van der Waals surface area contributed by atoms with E-state index >= 15 is 0 Å². The van der Waals surface area contributed by atoms with Gasteiger partial charge in [-0.25, -0.2) is 20.3 Å². The van der Waals surface area contributed by atoms with Gasteiger partial charge >= 0.3 is 5.97 Å². The van der Waals surface area contributed by atoms with Crippen molar-refractivity contribution in [2.75, 3.05) is 0 Å². The number of nitro groups is 1. The maximum absolute atomic E-state index is 10.9. The van der Waals surface area contributed by atoms with Gasteiger partial charge in [0.2, 0.25) is 0 Å². The van der Waals surface area contributed by atoms with Crippen LogP contribution in [0.15, 0.2) is 40.5 Å². The molecule has 0 atom stereocenters. The van der Waals surface area contributed by atoms with Gasteiger partial charge < -0.3 is 10.8 Å². The Balaban J connectivity index is 2.94. The number of rotatable bonds is 4. The third-order valence-corrected chi connectivity index (χ3v) is 1.72. The molecule has 0 aromatic heterocycles. The molecule has 0 saturated heterocycles. The first kappa shape index (κ1) is 13.1. The highest BCUT2D eigenvalue weighted by molar-refractivity contribution is 6.42. The first-order valence-electron chi connectivity index (χ1n) is 4.61. The van der Waals surface area contributed by atoms with Crippen molar-refractivity contribution in [2.24, 2.45) is 15.9 Å². The number of nitrogens with two attached hydrogens (primary N) is 1. The van der Waals surface area contributed by atoms with E-state index in [9.17, 15) is 14.9 Å². The van der Waals surface area contributed by atoms with Crippen LogP contribution in [0.5, 0.6) is 0 Å². The van der Waals surface area contributed by atoms with Crippen LogP contribution >= 0.6 is 0 Å². The Morgan fingerprint density at radius 2 is 2.00 bits per heavy atom. The summed E-state index contributed by atoms with van der Waals surface area (Å²) >= 11 is 0. The van der Waals surface area contributed by atoms with Crippen molar-refractivity contribution in [3.63, 3.8) is 0 Å². The molecule has 0 aliphatic rings. The number of hydrazone groups is 2. The molecule has 0 heterocycles. The number of carbonyl (C=O) groups is 1. The van der Waals surface area contributed by atoms with Crippen molar-refractivity contribution in [1.29, 1.82) is 0 Å². The van der Waals surface area contributed by atoms with Gasteiger partial charge in [-0.15, -0.1) is 0 Å². The van der Waals surface area contributed by atoms with Gasteiger partial charge in [0.25, 0.3) is 5.96 Å². The van der Waals surface area contributed by atoms with Crippen LogP contribution in [0, 0.1) is 10.1 Å². The Bertz CT molecular complexity index is 511. The zero-order valence-electron chi connectivity index (χ0n) is 8.98. The molecule has 0 amide bonds. The Hall–Kier alpha value is -2.97. The summed E-state index contributed by atoms with van der Waals surface area (Å²) < 4.78 is 0. The predicted molar refractivity (Wildman–Crippen MR) is 62.4 cm³/mol. The average molecular weight is 251 g/mol. The maximum Gasteiger partial charge on any atom is 0.356 e. The van der Waals surface area contributed by atoms with E-state index < -0.39 is 17.0 Å². The van der Waals surface area contributed by atoms with Gasteiger partial charge in [-0.05, 0) is 0 Å². The molecule has 94 valence electrons. The van der Waals surface area contributed by atoms with Crippen LogP contribution in [0.2, 0.25) is 0 Å².